The fraction of sp³-hybridized carbons (Fsp3) is 0.125. The van der Waals surface area contributed by atoms with Crippen LogP contribution < -0.4 is 4.74 Å². The van der Waals surface area contributed by atoms with E-state index in [2.05, 4.69) is 11.6 Å². The van der Waals surface area contributed by atoms with Gasteiger partial charge in [-0.15, -0.1) is 0 Å². The van der Waals surface area contributed by atoms with E-state index < -0.39 is 0 Å². The SMILES string of the molecule is C=CCOc1cccnc1Cl. The quantitative estimate of drug-likeness (QED) is 0.512. The summed E-state index contributed by atoms with van der Waals surface area (Å²) in [6.07, 6.45) is 3.27. The van der Waals surface area contributed by atoms with Crippen LogP contribution in [-0.4, -0.2) is 11.6 Å². The van der Waals surface area contributed by atoms with E-state index in [1.54, 1.807) is 24.4 Å². The monoisotopic (exact) mass is 169 g/mol. The Morgan fingerprint density at radius 2 is 2.55 bits per heavy atom. The third-order valence-electron chi connectivity index (χ3n) is 1.08. The lowest BCUT2D eigenvalue weighted by atomic mass is 10.5. The van der Waals surface area contributed by atoms with E-state index in [4.69, 9.17) is 16.3 Å². The minimum atomic E-state index is 0.384. The summed E-state index contributed by atoms with van der Waals surface area (Å²) in [5.74, 6) is 0.592. The molecule has 0 fully saturated rings. The van der Waals surface area contributed by atoms with Crippen molar-refractivity contribution in [1.29, 1.82) is 0 Å². The van der Waals surface area contributed by atoms with E-state index in [0.717, 1.165) is 0 Å². The molecule has 1 rings (SSSR count). The molecule has 2 nitrogen and oxygen atoms in total. The van der Waals surface area contributed by atoms with Gasteiger partial charge in [0.1, 0.15) is 6.61 Å². The molecule has 11 heavy (non-hydrogen) atoms. The summed E-state index contributed by atoms with van der Waals surface area (Å²) in [4.78, 5) is 3.84. The van der Waals surface area contributed by atoms with Crippen LogP contribution in [0.4, 0.5) is 0 Å². The molecule has 58 valence electrons. The molecule has 0 bridgehead atoms. The fourth-order valence-corrected chi connectivity index (χ4v) is 0.802. The first kappa shape index (κ1) is 8.08. The van der Waals surface area contributed by atoms with Gasteiger partial charge >= 0.3 is 0 Å². The van der Waals surface area contributed by atoms with Gasteiger partial charge < -0.3 is 4.74 Å². The van der Waals surface area contributed by atoms with Gasteiger partial charge in [-0.05, 0) is 12.1 Å². The Morgan fingerprint density at radius 3 is 3.18 bits per heavy atom. The van der Waals surface area contributed by atoms with Crippen molar-refractivity contribution >= 4 is 11.6 Å². The van der Waals surface area contributed by atoms with E-state index in [0.29, 0.717) is 17.5 Å². The van der Waals surface area contributed by atoms with Gasteiger partial charge in [-0.1, -0.05) is 24.3 Å². The largest absolute Gasteiger partial charge is 0.486 e. The van der Waals surface area contributed by atoms with Crippen molar-refractivity contribution < 1.29 is 4.74 Å². The molecule has 0 atom stereocenters. The molecule has 0 aromatic carbocycles. The van der Waals surface area contributed by atoms with Gasteiger partial charge in [-0.2, -0.15) is 0 Å². The van der Waals surface area contributed by atoms with Crippen molar-refractivity contribution in [2.75, 3.05) is 6.61 Å². The highest BCUT2D eigenvalue weighted by Crippen LogP contribution is 2.19. The number of nitrogens with zero attached hydrogens (tertiary/aromatic N) is 1. The summed E-state index contributed by atoms with van der Waals surface area (Å²) < 4.78 is 5.17. The molecule has 0 amide bonds. The van der Waals surface area contributed by atoms with Gasteiger partial charge in [0.25, 0.3) is 0 Å². The minimum Gasteiger partial charge on any atom is -0.486 e. The zero-order valence-corrected chi connectivity index (χ0v) is 6.71. The van der Waals surface area contributed by atoms with Gasteiger partial charge in [0.05, 0.1) is 0 Å². The van der Waals surface area contributed by atoms with Crippen LogP contribution >= 0.6 is 11.6 Å². The van der Waals surface area contributed by atoms with Crippen molar-refractivity contribution in [3.05, 3.63) is 36.1 Å². The molecule has 1 aromatic rings. The van der Waals surface area contributed by atoms with Gasteiger partial charge in [0.2, 0.25) is 0 Å². The van der Waals surface area contributed by atoms with E-state index in [-0.39, 0.29) is 0 Å². The molecule has 1 aromatic heterocycles. The molecular weight excluding hydrogens is 162 g/mol. The van der Waals surface area contributed by atoms with Crippen LogP contribution in [0, 0.1) is 0 Å². The number of hydrogen-bond donors (Lipinski definition) is 0. The maximum atomic E-state index is 5.69. The van der Waals surface area contributed by atoms with E-state index in [9.17, 15) is 0 Å². The standard InChI is InChI=1S/C8H8ClNO/c1-2-6-11-7-4-3-5-10-8(7)9/h2-5H,1,6H2. The molecule has 0 unspecified atom stereocenters. The third kappa shape index (κ3) is 2.24. The molecule has 0 aliphatic rings. The van der Waals surface area contributed by atoms with Crippen LogP contribution in [0.3, 0.4) is 0 Å². The number of hydrogen-bond acceptors (Lipinski definition) is 2. The Bertz CT molecular complexity index is 250. The molecule has 3 heteroatoms. The Hall–Kier alpha value is -1.02. The predicted octanol–water partition coefficient (Wildman–Crippen LogP) is 2.30. The second-order valence-electron chi connectivity index (χ2n) is 1.89. The predicted molar refractivity (Wildman–Crippen MR) is 44.9 cm³/mol. The van der Waals surface area contributed by atoms with Gasteiger partial charge in [0.15, 0.2) is 10.9 Å². The van der Waals surface area contributed by atoms with Crippen molar-refractivity contribution in [2.45, 2.75) is 0 Å². The van der Waals surface area contributed by atoms with Crippen LogP contribution in [0.1, 0.15) is 0 Å². The Kier molecular flexibility index (Phi) is 2.93. The summed E-state index contributed by atoms with van der Waals surface area (Å²) in [6.45, 7) is 3.97. The van der Waals surface area contributed by atoms with Crippen molar-refractivity contribution in [3.63, 3.8) is 0 Å². The summed E-state index contributed by atoms with van der Waals surface area (Å²) >= 11 is 5.69. The van der Waals surface area contributed by atoms with E-state index in [1.807, 2.05) is 0 Å². The number of aromatic nitrogens is 1. The fourth-order valence-electron chi connectivity index (χ4n) is 0.628. The first-order valence-corrected chi connectivity index (χ1v) is 3.56. The lowest BCUT2D eigenvalue weighted by molar-refractivity contribution is 0.362. The number of halogens is 1. The highest BCUT2D eigenvalue weighted by atomic mass is 35.5. The Morgan fingerprint density at radius 1 is 1.73 bits per heavy atom. The van der Waals surface area contributed by atoms with Gasteiger partial charge in [-0.3, -0.25) is 0 Å². The second kappa shape index (κ2) is 3.98. The summed E-state index contributed by atoms with van der Waals surface area (Å²) in [5.41, 5.74) is 0. The highest BCUT2D eigenvalue weighted by Gasteiger charge is 1.97. The number of ether oxygens (including phenoxy) is 1. The van der Waals surface area contributed by atoms with E-state index >= 15 is 0 Å². The normalized spacial score (nSPS) is 9.18. The van der Waals surface area contributed by atoms with Crippen LogP contribution in [0.2, 0.25) is 5.15 Å². The van der Waals surface area contributed by atoms with Crippen LogP contribution in [-0.2, 0) is 0 Å². The summed E-state index contributed by atoms with van der Waals surface area (Å²) in [6, 6.07) is 3.53. The van der Waals surface area contributed by atoms with Crippen molar-refractivity contribution in [3.8, 4) is 5.75 Å². The molecule has 0 spiro atoms. The average Bonchev–Trinajstić information content (AvgIpc) is 2.03. The molecule has 1 heterocycles. The Balaban J connectivity index is 2.69. The molecule has 0 radical (unpaired) electrons. The first-order chi connectivity index (χ1) is 5.34. The molecule has 0 N–H and O–H groups in total. The lowest BCUT2D eigenvalue weighted by Gasteiger charge is -2.02. The van der Waals surface area contributed by atoms with Gasteiger partial charge in [0, 0.05) is 6.20 Å². The van der Waals surface area contributed by atoms with Crippen LogP contribution in [0.15, 0.2) is 31.0 Å². The molecule has 0 saturated carbocycles. The minimum absolute atomic E-state index is 0.384. The summed E-state index contributed by atoms with van der Waals surface area (Å²) in [7, 11) is 0. The zero-order chi connectivity index (χ0) is 8.10. The molecule has 0 saturated heterocycles. The second-order valence-corrected chi connectivity index (χ2v) is 2.25. The maximum absolute atomic E-state index is 5.69. The smallest absolute Gasteiger partial charge is 0.171 e. The Labute approximate surface area is 70.5 Å². The maximum Gasteiger partial charge on any atom is 0.171 e. The third-order valence-corrected chi connectivity index (χ3v) is 1.37. The highest BCUT2D eigenvalue weighted by molar-refractivity contribution is 6.30. The molecule has 0 aliphatic heterocycles. The van der Waals surface area contributed by atoms with Crippen LogP contribution in [0.5, 0.6) is 5.75 Å². The molecule has 0 aliphatic carbocycles. The number of pyridine rings is 1. The van der Waals surface area contributed by atoms with Crippen molar-refractivity contribution in [2.24, 2.45) is 0 Å². The summed E-state index contributed by atoms with van der Waals surface area (Å²) in [5, 5.41) is 0.384. The zero-order valence-electron chi connectivity index (χ0n) is 5.96. The van der Waals surface area contributed by atoms with E-state index in [1.165, 1.54) is 0 Å². The number of rotatable bonds is 3. The first-order valence-electron chi connectivity index (χ1n) is 3.19. The lowest BCUT2D eigenvalue weighted by Crippen LogP contribution is -1.93. The van der Waals surface area contributed by atoms with Gasteiger partial charge in [-0.25, -0.2) is 4.98 Å². The van der Waals surface area contributed by atoms with Crippen LogP contribution in [0.25, 0.3) is 0 Å². The average molecular weight is 170 g/mol. The topological polar surface area (TPSA) is 22.1 Å². The van der Waals surface area contributed by atoms with Crippen molar-refractivity contribution in [1.82, 2.24) is 4.98 Å². The molecular formula is C8H8ClNO.